The van der Waals surface area contributed by atoms with Crippen LogP contribution >= 0.6 is 0 Å². The second kappa shape index (κ2) is 13.9. The SMILES string of the molecule is C=CCOC(=O)COCCC(C)C.[CH2]C=C. The van der Waals surface area contributed by atoms with Crippen LogP contribution in [0.5, 0.6) is 0 Å². The van der Waals surface area contributed by atoms with E-state index in [9.17, 15) is 4.79 Å². The van der Waals surface area contributed by atoms with Crippen molar-refractivity contribution in [3.05, 3.63) is 32.2 Å². The van der Waals surface area contributed by atoms with E-state index in [4.69, 9.17) is 9.47 Å². The number of ether oxygens (including phenoxy) is 2. The van der Waals surface area contributed by atoms with Crippen LogP contribution in [-0.2, 0) is 14.3 Å². The van der Waals surface area contributed by atoms with Gasteiger partial charge in [-0.2, -0.15) is 0 Å². The van der Waals surface area contributed by atoms with Gasteiger partial charge in [0.25, 0.3) is 0 Å². The summed E-state index contributed by atoms with van der Waals surface area (Å²) in [7, 11) is 0. The summed E-state index contributed by atoms with van der Waals surface area (Å²) in [5.74, 6) is 0.271. The van der Waals surface area contributed by atoms with Crippen molar-refractivity contribution < 1.29 is 14.3 Å². The summed E-state index contributed by atoms with van der Waals surface area (Å²) in [5, 5.41) is 0. The molecule has 0 rings (SSSR count). The zero-order valence-electron chi connectivity index (χ0n) is 10.4. The molecule has 0 aliphatic heterocycles. The van der Waals surface area contributed by atoms with Crippen LogP contribution in [0.1, 0.15) is 20.3 Å². The van der Waals surface area contributed by atoms with Gasteiger partial charge in [0.15, 0.2) is 0 Å². The fourth-order valence-corrected chi connectivity index (χ4v) is 0.668. The molecule has 0 N–H and O–H groups in total. The van der Waals surface area contributed by atoms with Crippen molar-refractivity contribution >= 4 is 5.97 Å². The Bertz CT molecular complexity index is 186. The Hall–Kier alpha value is -1.09. The van der Waals surface area contributed by atoms with Crippen molar-refractivity contribution in [2.24, 2.45) is 5.92 Å². The van der Waals surface area contributed by atoms with Crippen LogP contribution in [0.25, 0.3) is 0 Å². The molecule has 0 saturated heterocycles. The maximum absolute atomic E-state index is 10.9. The molecule has 0 bridgehead atoms. The van der Waals surface area contributed by atoms with Crippen LogP contribution in [0.2, 0.25) is 0 Å². The van der Waals surface area contributed by atoms with Gasteiger partial charge in [-0.1, -0.05) is 32.6 Å². The summed E-state index contributed by atoms with van der Waals surface area (Å²) in [6, 6.07) is 0. The van der Waals surface area contributed by atoms with E-state index in [0.29, 0.717) is 12.5 Å². The number of allylic oxidation sites excluding steroid dienone is 1. The lowest BCUT2D eigenvalue weighted by Gasteiger charge is -2.05. The van der Waals surface area contributed by atoms with E-state index < -0.39 is 0 Å². The highest BCUT2D eigenvalue weighted by atomic mass is 16.6. The van der Waals surface area contributed by atoms with Gasteiger partial charge in [-0.3, -0.25) is 0 Å². The molecule has 1 radical (unpaired) electrons. The molecule has 16 heavy (non-hydrogen) atoms. The van der Waals surface area contributed by atoms with Gasteiger partial charge >= 0.3 is 5.97 Å². The molecule has 93 valence electrons. The predicted molar refractivity (Wildman–Crippen MR) is 67.0 cm³/mol. The molecule has 0 aliphatic rings. The van der Waals surface area contributed by atoms with E-state index in [-0.39, 0.29) is 19.2 Å². The Balaban J connectivity index is 0. The number of esters is 1. The van der Waals surface area contributed by atoms with Gasteiger partial charge in [-0.05, 0) is 19.3 Å². The Kier molecular flexibility index (Phi) is 15.0. The van der Waals surface area contributed by atoms with E-state index >= 15 is 0 Å². The molecule has 0 unspecified atom stereocenters. The largest absolute Gasteiger partial charge is 0.460 e. The number of carbonyl (C=O) groups is 1. The lowest BCUT2D eigenvalue weighted by atomic mass is 10.1. The van der Waals surface area contributed by atoms with Crippen LogP contribution in [0.4, 0.5) is 0 Å². The zero-order valence-corrected chi connectivity index (χ0v) is 10.4. The minimum absolute atomic E-state index is 0.0422. The van der Waals surface area contributed by atoms with E-state index in [2.05, 4.69) is 33.9 Å². The Morgan fingerprint density at radius 2 is 1.94 bits per heavy atom. The zero-order chi connectivity index (χ0) is 12.8. The standard InChI is InChI=1S/C10H18O3.C3H5/c1-4-6-13-10(11)8-12-7-5-9(2)3;1-3-2/h4,9H,1,5-8H2,2-3H3;3H,1-2H2. The molecule has 0 aliphatic carbocycles. The topological polar surface area (TPSA) is 35.5 Å². The van der Waals surface area contributed by atoms with E-state index in [1.807, 2.05) is 0 Å². The second-order valence-electron chi connectivity index (χ2n) is 3.50. The van der Waals surface area contributed by atoms with Gasteiger partial charge in [-0.15, -0.1) is 6.58 Å². The highest BCUT2D eigenvalue weighted by Crippen LogP contribution is 1.98. The summed E-state index contributed by atoms with van der Waals surface area (Å²) in [6.07, 6.45) is 4.00. The average Bonchev–Trinajstić information content (AvgIpc) is 2.22. The smallest absolute Gasteiger partial charge is 0.332 e. The number of hydrogen-bond donors (Lipinski definition) is 0. The third kappa shape index (κ3) is 18.6. The molecule has 3 heteroatoms. The Morgan fingerprint density at radius 1 is 1.38 bits per heavy atom. The van der Waals surface area contributed by atoms with Crippen LogP contribution < -0.4 is 0 Å². The van der Waals surface area contributed by atoms with Gasteiger partial charge in [0.05, 0.1) is 0 Å². The van der Waals surface area contributed by atoms with E-state index in [1.54, 1.807) is 0 Å². The van der Waals surface area contributed by atoms with Crippen molar-refractivity contribution in [3.8, 4) is 0 Å². The summed E-state index contributed by atoms with van der Waals surface area (Å²) >= 11 is 0. The molecule has 0 heterocycles. The Labute approximate surface area is 99.1 Å². The lowest BCUT2D eigenvalue weighted by Crippen LogP contribution is -2.13. The highest BCUT2D eigenvalue weighted by molar-refractivity contribution is 5.70. The quantitative estimate of drug-likeness (QED) is 0.381. The van der Waals surface area contributed by atoms with E-state index in [1.165, 1.54) is 12.2 Å². The van der Waals surface area contributed by atoms with Crippen molar-refractivity contribution in [2.75, 3.05) is 19.8 Å². The molecular weight excluding hydrogens is 204 g/mol. The molecule has 0 spiro atoms. The van der Waals surface area contributed by atoms with Gasteiger partial charge in [0.2, 0.25) is 0 Å². The molecule has 0 aromatic heterocycles. The maximum Gasteiger partial charge on any atom is 0.332 e. The number of hydrogen-bond acceptors (Lipinski definition) is 3. The van der Waals surface area contributed by atoms with Gasteiger partial charge in [0.1, 0.15) is 13.2 Å². The van der Waals surface area contributed by atoms with Crippen LogP contribution in [0, 0.1) is 12.8 Å². The molecule has 0 aromatic carbocycles. The normalized spacial score (nSPS) is 9.00. The molecule has 0 fully saturated rings. The second-order valence-corrected chi connectivity index (χ2v) is 3.50. The first-order chi connectivity index (χ1) is 7.58. The summed E-state index contributed by atoms with van der Waals surface area (Å²) in [6.45, 7) is 15.1. The monoisotopic (exact) mass is 227 g/mol. The molecule has 3 nitrogen and oxygen atoms in total. The summed E-state index contributed by atoms with van der Waals surface area (Å²) in [4.78, 5) is 10.9. The minimum Gasteiger partial charge on any atom is -0.460 e. The van der Waals surface area contributed by atoms with Crippen molar-refractivity contribution in [1.29, 1.82) is 0 Å². The molecule has 0 aromatic rings. The van der Waals surface area contributed by atoms with Crippen LogP contribution in [-0.4, -0.2) is 25.8 Å². The number of rotatable bonds is 7. The van der Waals surface area contributed by atoms with Crippen LogP contribution in [0.15, 0.2) is 25.3 Å². The fraction of sp³-hybridized carbons (Fsp3) is 0.538. The van der Waals surface area contributed by atoms with Crippen molar-refractivity contribution in [2.45, 2.75) is 20.3 Å². The first-order valence-electron chi connectivity index (χ1n) is 5.32. The van der Waals surface area contributed by atoms with Crippen molar-refractivity contribution in [1.82, 2.24) is 0 Å². The first kappa shape index (κ1) is 17.3. The third-order valence-corrected chi connectivity index (χ3v) is 1.42. The molecular formula is C13H23O3. The number of carbonyl (C=O) groups excluding carboxylic acids is 1. The van der Waals surface area contributed by atoms with Crippen LogP contribution in [0.3, 0.4) is 0 Å². The van der Waals surface area contributed by atoms with Crippen molar-refractivity contribution in [3.63, 3.8) is 0 Å². The predicted octanol–water partition coefficient (Wildman–Crippen LogP) is 2.78. The van der Waals surface area contributed by atoms with Gasteiger partial charge < -0.3 is 9.47 Å². The maximum atomic E-state index is 10.9. The van der Waals surface area contributed by atoms with Gasteiger partial charge in [-0.25, -0.2) is 4.79 Å². The highest BCUT2D eigenvalue weighted by Gasteiger charge is 2.01. The first-order valence-corrected chi connectivity index (χ1v) is 5.32. The minimum atomic E-state index is -0.330. The Morgan fingerprint density at radius 3 is 2.38 bits per heavy atom. The average molecular weight is 227 g/mol. The van der Waals surface area contributed by atoms with Gasteiger partial charge in [0, 0.05) is 6.61 Å². The third-order valence-electron chi connectivity index (χ3n) is 1.42. The molecule has 0 atom stereocenters. The summed E-state index contributed by atoms with van der Waals surface area (Å²) < 4.78 is 9.81. The van der Waals surface area contributed by atoms with E-state index in [0.717, 1.165) is 6.42 Å². The lowest BCUT2D eigenvalue weighted by molar-refractivity contribution is -0.147. The molecule has 0 saturated carbocycles. The fourth-order valence-electron chi connectivity index (χ4n) is 0.668. The molecule has 0 amide bonds. The summed E-state index contributed by atoms with van der Waals surface area (Å²) in [5.41, 5.74) is 0.